The van der Waals surface area contributed by atoms with Gasteiger partial charge in [0.15, 0.2) is 17.6 Å². The molecule has 8 nitrogen and oxygen atoms in total. The van der Waals surface area contributed by atoms with Crippen molar-refractivity contribution in [3.8, 4) is 5.75 Å². The molecule has 2 aromatic carbocycles. The summed E-state index contributed by atoms with van der Waals surface area (Å²) in [6.07, 6.45) is 3.70. The lowest BCUT2D eigenvalue weighted by atomic mass is 10.1. The molecule has 3 aromatic rings. The zero-order valence-corrected chi connectivity index (χ0v) is 19.4. The number of benzene rings is 2. The van der Waals surface area contributed by atoms with Crippen molar-refractivity contribution >= 4 is 12.0 Å². The quantitative estimate of drug-likeness (QED) is 0.517. The Morgan fingerprint density at radius 3 is 2.17 bits per heavy atom. The molecule has 0 saturated carbocycles. The Morgan fingerprint density at radius 1 is 0.943 bits per heavy atom. The van der Waals surface area contributed by atoms with Crippen LogP contribution in [0.15, 0.2) is 94.5 Å². The number of aliphatic hydroxyl groups excluding tert-OH is 1. The smallest absolute Gasteiger partial charge is 0.223 e. The molecular weight excluding hydrogens is 448 g/mol. The van der Waals surface area contributed by atoms with Gasteiger partial charge < -0.3 is 24.3 Å². The Morgan fingerprint density at radius 2 is 1.57 bits per heavy atom. The van der Waals surface area contributed by atoms with Crippen molar-refractivity contribution in [3.05, 3.63) is 112 Å². The van der Waals surface area contributed by atoms with E-state index in [4.69, 9.17) is 19.7 Å². The van der Waals surface area contributed by atoms with Crippen LogP contribution in [0.5, 0.6) is 5.75 Å². The topological polar surface area (TPSA) is 110 Å². The lowest BCUT2D eigenvalue weighted by molar-refractivity contribution is -0.122. The van der Waals surface area contributed by atoms with Gasteiger partial charge in [-0.3, -0.25) is 14.6 Å². The van der Waals surface area contributed by atoms with E-state index >= 15 is 0 Å². The molecular formula is C27H28N2O6. The van der Waals surface area contributed by atoms with E-state index in [0.29, 0.717) is 31.2 Å². The molecule has 2 heterocycles. The number of rotatable bonds is 8. The average Bonchev–Trinajstić information content (AvgIpc) is 2.87. The zero-order valence-electron chi connectivity index (χ0n) is 19.4. The van der Waals surface area contributed by atoms with Gasteiger partial charge in [-0.05, 0) is 11.1 Å². The molecule has 0 saturated heterocycles. The van der Waals surface area contributed by atoms with Crippen molar-refractivity contribution in [2.45, 2.75) is 25.9 Å². The molecule has 1 aliphatic heterocycles. The molecule has 182 valence electrons. The molecule has 1 atom stereocenters. The Bertz CT molecular complexity index is 1220. The number of aliphatic hydroxyl groups is 1. The number of carbonyl (C=O) groups excluding carboxylic acids is 1. The number of pyridine rings is 1. The van der Waals surface area contributed by atoms with E-state index in [1.54, 1.807) is 13.3 Å². The largest absolute Gasteiger partial charge is 0.503 e. The van der Waals surface area contributed by atoms with Crippen LogP contribution in [0.4, 0.5) is 0 Å². The summed E-state index contributed by atoms with van der Waals surface area (Å²) >= 11 is 0. The summed E-state index contributed by atoms with van der Waals surface area (Å²) in [5.74, 6) is -0.399. The molecule has 1 aromatic heterocycles. The van der Waals surface area contributed by atoms with Gasteiger partial charge in [0, 0.05) is 37.3 Å². The Labute approximate surface area is 203 Å². The number of aromatic hydroxyl groups is 1. The van der Waals surface area contributed by atoms with Crippen LogP contribution < -0.4 is 5.43 Å². The van der Waals surface area contributed by atoms with Crippen LogP contribution in [-0.2, 0) is 41.1 Å². The molecule has 0 bridgehead atoms. The minimum atomic E-state index is -0.622. The molecule has 0 spiro atoms. The zero-order chi connectivity index (χ0) is 25.0. The lowest BCUT2D eigenvalue weighted by Crippen LogP contribution is -2.27. The average molecular weight is 477 g/mol. The van der Waals surface area contributed by atoms with E-state index in [1.165, 1.54) is 22.9 Å². The third-order valence-corrected chi connectivity index (χ3v) is 5.08. The maximum atomic E-state index is 12.1. The van der Waals surface area contributed by atoms with E-state index in [1.807, 2.05) is 60.7 Å². The van der Waals surface area contributed by atoms with Gasteiger partial charge >= 0.3 is 0 Å². The first-order valence-electron chi connectivity index (χ1n) is 11.0. The summed E-state index contributed by atoms with van der Waals surface area (Å²) in [5.41, 5.74) is 2.75. The van der Waals surface area contributed by atoms with Gasteiger partial charge in [0.05, 0.1) is 32.1 Å². The van der Waals surface area contributed by atoms with Gasteiger partial charge in [-0.25, -0.2) is 0 Å². The third-order valence-electron chi connectivity index (χ3n) is 5.08. The SMILES string of the molecule is Cn1cc(O)c(=O)cc1CO.O=C1C=C(COCc2ccccc2)N=CC1OCc1ccccc1. The number of hydrogen-bond donors (Lipinski definition) is 2. The van der Waals surface area contributed by atoms with Crippen molar-refractivity contribution in [1.82, 2.24) is 4.57 Å². The second-order valence-electron chi connectivity index (χ2n) is 7.80. The first-order valence-corrected chi connectivity index (χ1v) is 11.0. The second-order valence-corrected chi connectivity index (χ2v) is 7.80. The highest BCUT2D eigenvalue weighted by atomic mass is 16.5. The predicted molar refractivity (Wildman–Crippen MR) is 132 cm³/mol. The fourth-order valence-corrected chi connectivity index (χ4v) is 3.15. The highest BCUT2D eigenvalue weighted by Gasteiger charge is 2.19. The van der Waals surface area contributed by atoms with Crippen molar-refractivity contribution < 1.29 is 24.5 Å². The molecule has 1 unspecified atom stereocenters. The van der Waals surface area contributed by atoms with Crippen molar-refractivity contribution in [2.24, 2.45) is 12.0 Å². The highest BCUT2D eigenvalue weighted by molar-refractivity contribution is 6.07. The number of aromatic nitrogens is 1. The summed E-state index contributed by atoms with van der Waals surface area (Å²) in [7, 11) is 1.64. The summed E-state index contributed by atoms with van der Waals surface area (Å²) in [4.78, 5) is 27.2. The summed E-state index contributed by atoms with van der Waals surface area (Å²) in [5, 5.41) is 17.6. The number of ether oxygens (including phenoxy) is 2. The van der Waals surface area contributed by atoms with Crippen LogP contribution in [0.2, 0.25) is 0 Å². The molecule has 2 N–H and O–H groups in total. The maximum absolute atomic E-state index is 12.1. The Kier molecular flexibility index (Phi) is 9.68. The molecule has 4 rings (SSSR count). The lowest BCUT2D eigenvalue weighted by Gasteiger charge is -2.15. The molecule has 8 heteroatoms. The minimum Gasteiger partial charge on any atom is -0.503 e. The van der Waals surface area contributed by atoms with E-state index in [0.717, 1.165) is 11.1 Å². The van der Waals surface area contributed by atoms with Gasteiger partial charge in [0.1, 0.15) is 0 Å². The first-order chi connectivity index (χ1) is 17.0. The summed E-state index contributed by atoms with van der Waals surface area (Å²) in [6.45, 7) is 0.987. The summed E-state index contributed by atoms with van der Waals surface area (Å²) < 4.78 is 12.7. The van der Waals surface area contributed by atoms with Crippen LogP contribution in [0.3, 0.4) is 0 Å². The monoisotopic (exact) mass is 476 g/mol. The van der Waals surface area contributed by atoms with Crippen LogP contribution in [0.1, 0.15) is 16.8 Å². The van der Waals surface area contributed by atoms with E-state index < -0.39 is 11.5 Å². The molecule has 0 amide bonds. The Balaban J connectivity index is 0.000000261. The highest BCUT2D eigenvalue weighted by Crippen LogP contribution is 2.11. The van der Waals surface area contributed by atoms with Crippen molar-refractivity contribution in [3.63, 3.8) is 0 Å². The normalized spacial score (nSPS) is 14.7. The fourth-order valence-electron chi connectivity index (χ4n) is 3.15. The predicted octanol–water partition coefficient (Wildman–Crippen LogP) is 2.91. The maximum Gasteiger partial charge on any atom is 0.223 e. The first kappa shape index (κ1) is 25.8. The number of ketones is 1. The molecule has 35 heavy (non-hydrogen) atoms. The van der Waals surface area contributed by atoms with E-state index in [-0.39, 0.29) is 18.1 Å². The van der Waals surface area contributed by atoms with Crippen molar-refractivity contribution in [1.29, 1.82) is 0 Å². The van der Waals surface area contributed by atoms with Crippen LogP contribution >= 0.6 is 0 Å². The van der Waals surface area contributed by atoms with Gasteiger partial charge in [0.2, 0.25) is 5.43 Å². The molecule has 0 aliphatic carbocycles. The Hall–Kier alpha value is -3.85. The van der Waals surface area contributed by atoms with Gasteiger partial charge in [-0.15, -0.1) is 0 Å². The number of carbonyl (C=O) groups is 1. The number of hydrogen-bond acceptors (Lipinski definition) is 7. The van der Waals surface area contributed by atoms with Gasteiger partial charge in [-0.1, -0.05) is 60.7 Å². The van der Waals surface area contributed by atoms with Gasteiger partial charge in [0.25, 0.3) is 0 Å². The number of nitrogens with zero attached hydrogens (tertiary/aromatic N) is 2. The van der Waals surface area contributed by atoms with Crippen LogP contribution in [0.25, 0.3) is 0 Å². The van der Waals surface area contributed by atoms with Crippen molar-refractivity contribution in [2.75, 3.05) is 6.61 Å². The number of aliphatic imine (C=N–C) groups is 1. The summed E-state index contributed by atoms with van der Waals surface area (Å²) in [6, 6.07) is 20.8. The van der Waals surface area contributed by atoms with Crippen LogP contribution in [0, 0.1) is 0 Å². The fraction of sp³-hybridized carbons (Fsp3) is 0.222. The molecule has 0 fully saturated rings. The molecule has 1 aliphatic rings. The standard InChI is InChI=1S/C20H19NO3.C7H9NO3/c22-19-11-18(15-23-13-16-7-3-1-4-8-16)21-12-20(19)24-14-17-9-5-2-6-10-17;1-8-3-7(11)6(10)2-5(8)4-9/h1-12,20H,13-15H2;2-3,9,11H,4H2,1H3. The van der Waals surface area contributed by atoms with Crippen LogP contribution in [-0.4, -0.2) is 39.5 Å². The third kappa shape index (κ3) is 8.15. The minimum absolute atomic E-state index is 0.0979. The van der Waals surface area contributed by atoms with Gasteiger partial charge in [-0.2, -0.15) is 0 Å². The number of aryl methyl sites for hydroxylation is 1. The second kappa shape index (κ2) is 13.1. The van der Waals surface area contributed by atoms with E-state index in [2.05, 4.69) is 4.99 Å². The molecule has 0 radical (unpaired) electrons. The van der Waals surface area contributed by atoms with E-state index in [9.17, 15) is 9.59 Å².